The molecule has 0 aromatic rings. The molecule has 0 aliphatic carbocycles. The van der Waals surface area contributed by atoms with E-state index in [1.807, 2.05) is 0 Å². The van der Waals surface area contributed by atoms with E-state index in [2.05, 4.69) is 0 Å². The van der Waals surface area contributed by atoms with E-state index in [1.165, 1.54) is 0 Å². The molecular weight excluding hydrogens is 208 g/mol. The van der Waals surface area contributed by atoms with E-state index >= 15 is 0 Å². The third kappa shape index (κ3) is 1750. The van der Waals surface area contributed by atoms with Gasteiger partial charge in [0, 0.05) is 34.9 Å². The Balaban J connectivity index is -0.0000000720. The summed E-state index contributed by atoms with van der Waals surface area (Å²) in [7, 11) is 0. The number of carboxylic acids is 2. The zero-order chi connectivity index (χ0) is 7.15. The summed E-state index contributed by atoms with van der Waals surface area (Å²) < 4.78 is 0. The van der Waals surface area contributed by atoms with Crippen LogP contribution in [0.4, 0.5) is 0 Å². The first-order valence-corrected chi connectivity index (χ1v) is 1.86. The van der Waals surface area contributed by atoms with Crippen molar-refractivity contribution in [1.29, 1.82) is 0 Å². The third-order valence-corrected chi connectivity index (χ3v) is 0. The first-order chi connectivity index (χ1) is 3.46. The smallest absolute Gasteiger partial charge is 0.300 e. The number of carbonyl (C=O) groups is 2. The van der Waals surface area contributed by atoms with Crippen molar-refractivity contribution in [2.45, 2.75) is 13.8 Å². The van der Waals surface area contributed by atoms with Crippen molar-refractivity contribution in [3.63, 3.8) is 0 Å². The van der Waals surface area contributed by atoms with Gasteiger partial charge in [0.1, 0.15) is 0 Å². The molecule has 0 saturated carbocycles. The summed E-state index contributed by atoms with van der Waals surface area (Å²) in [6.45, 7) is 2.17. The maximum absolute atomic E-state index is 9.00. The molecule has 9 heavy (non-hydrogen) atoms. The van der Waals surface area contributed by atoms with Crippen LogP contribution in [0.5, 0.6) is 0 Å². The van der Waals surface area contributed by atoms with E-state index in [4.69, 9.17) is 19.8 Å². The maximum atomic E-state index is 9.00. The summed E-state index contributed by atoms with van der Waals surface area (Å²) in [4.78, 5) is 18.0. The first kappa shape index (κ1) is 15.8. The van der Waals surface area contributed by atoms with Crippen LogP contribution in [0.3, 0.4) is 0 Å². The molecule has 0 bridgehead atoms. The monoisotopic (exact) mass is 218 g/mol. The Morgan fingerprint density at radius 2 is 1.00 bits per heavy atom. The van der Waals surface area contributed by atoms with Crippen LogP contribution in [0.1, 0.15) is 13.8 Å². The molecule has 0 amide bonds. The first-order valence-electron chi connectivity index (χ1n) is 1.86. The van der Waals surface area contributed by atoms with Crippen LogP contribution >= 0.6 is 0 Å². The normalized spacial score (nSPS) is 5.56. The molecule has 2 N–H and O–H groups in total. The van der Waals surface area contributed by atoms with Crippen LogP contribution in [0, 0.1) is 0 Å². The molecule has 4 nitrogen and oxygen atoms in total. The molecule has 0 saturated heterocycles. The van der Waals surface area contributed by atoms with Crippen LogP contribution in [0.25, 0.3) is 0 Å². The van der Waals surface area contributed by atoms with Gasteiger partial charge >= 0.3 is 0 Å². The van der Waals surface area contributed by atoms with E-state index < -0.39 is 11.9 Å². The number of aliphatic carboxylic acids is 2. The van der Waals surface area contributed by atoms with Crippen molar-refractivity contribution in [3.8, 4) is 0 Å². The Morgan fingerprint density at radius 1 is 1.00 bits per heavy atom. The minimum Gasteiger partial charge on any atom is -0.481 e. The Labute approximate surface area is 67.1 Å². The summed E-state index contributed by atoms with van der Waals surface area (Å²) in [5.74, 6) is -1.67. The molecule has 0 radical (unpaired) electrons. The number of hydrogen-bond acceptors (Lipinski definition) is 2. The molecule has 0 unspecified atom stereocenters. The van der Waals surface area contributed by atoms with E-state index in [1.54, 1.807) is 0 Å². The molecule has 0 rings (SSSR count). The summed E-state index contributed by atoms with van der Waals surface area (Å²) in [5.41, 5.74) is 0. The fourth-order valence-electron chi connectivity index (χ4n) is 0. The van der Waals surface area contributed by atoms with Crippen LogP contribution < -0.4 is 0 Å². The fourth-order valence-corrected chi connectivity index (χ4v) is 0. The van der Waals surface area contributed by atoms with Crippen molar-refractivity contribution in [1.82, 2.24) is 0 Å². The van der Waals surface area contributed by atoms with Crippen LogP contribution in [-0.2, 0) is 30.7 Å². The molecule has 0 fully saturated rings. The molecule has 0 aliphatic heterocycles. The minimum absolute atomic E-state index is 0. The van der Waals surface area contributed by atoms with Gasteiger partial charge < -0.3 is 10.2 Å². The average Bonchev–Trinajstić information content (AvgIpc) is 1.25. The van der Waals surface area contributed by atoms with Gasteiger partial charge in [0.2, 0.25) is 0 Å². The quantitative estimate of drug-likeness (QED) is 0.566. The zero-order valence-corrected chi connectivity index (χ0v) is 7.13. The minimum atomic E-state index is -0.833. The predicted molar refractivity (Wildman–Crippen MR) is 26.6 cm³/mol. The van der Waals surface area contributed by atoms with Gasteiger partial charge in [-0.25, -0.2) is 0 Å². The molecule has 0 heterocycles. The zero-order valence-electron chi connectivity index (χ0n) is 5.12. The molecule has 0 atom stereocenters. The average molecular weight is 216 g/mol. The Kier molecular flexibility index (Phi) is 18.6. The van der Waals surface area contributed by atoms with Gasteiger partial charge in [-0.3, -0.25) is 9.59 Å². The van der Waals surface area contributed by atoms with E-state index in [-0.39, 0.29) is 21.1 Å². The van der Waals surface area contributed by atoms with Crippen LogP contribution in [-0.4, -0.2) is 22.2 Å². The molecule has 54 valence electrons. The Bertz CT molecular complexity index is 70.6. The van der Waals surface area contributed by atoms with Crippen molar-refractivity contribution in [3.05, 3.63) is 0 Å². The SMILES string of the molecule is CC(=O)O.CC(=O)O.[Mo]. The van der Waals surface area contributed by atoms with Crippen molar-refractivity contribution in [2.24, 2.45) is 0 Å². The maximum Gasteiger partial charge on any atom is 0.300 e. The van der Waals surface area contributed by atoms with Gasteiger partial charge in [-0.2, -0.15) is 0 Å². The van der Waals surface area contributed by atoms with Gasteiger partial charge in [-0.15, -0.1) is 0 Å². The second kappa shape index (κ2) is 10.6. The molecule has 5 heteroatoms. The van der Waals surface area contributed by atoms with Gasteiger partial charge in [-0.1, -0.05) is 0 Å². The van der Waals surface area contributed by atoms with Crippen molar-refractivity contribution >= 4 is 11.9 Å². The second-order valence-corrected chi connectivity index (χ2v) is 1.04. The molecule has 0 aromatic heterocycles. The second-order valence-electron chi connectivity index (χ2n) is 1.04. The topological polar surface area (TPSA) is 74.6 Å². The molecule has 0 spiro atoms. The largest absolute Gasteiger partial charge is 0.481 e. The van der Waals surface area contributed by atoms with E-state index in [0.717, 1.165) is 13.8 Å². The summed E-state index contributed by atoms with van der Waals surface area (Å²) in [5, 5.41) is 14.8. The summed E-state index contributed by atoms with van der Waals surface area (Å²) >= 11 is 0. The van der Waals surface area contributed by atoms with Gasteiger partial charge in [0.25, 0.3) is 11.9 Å². The Morgan fingerprint density at radius 3 is 1.00 bits per heavy atom. The van der Waals surface area contributed by atoms with Crippen LogP contribution in [0.15, 0.2) is 0 Å². The number of carboxylic acid groups (broad SMARTS) is 2. The van der Waals surface area contributed by atoms with E-state index in [9.17, 15) is 0 Å². The van der Waals surface area contributed by atoms with Crippen LogP contribution in [0.2, 0.25) is 0 Å². The summed E-state index contributed by atoms with van der Waals surface area (Å²) in [6.07, 6.45) is 0. The number of rotatable bonds is 0. The van der Waals surface area contributed by atoms with Gasteiger partial charge in [0.05, 0.1) is 0 Å². The standard InChI is InChI=1S/2C2H4O2.Mo/c2*1-2(3)4;/h2*1H3,(H,3,4);. The van der Waals surface area contributed by atoms with E-state index in [0.29, 0.717) is 0 Å². The third-order valence-electron chi connectivity index (χ3n) is 0. The molecular formula is C4H8MoO4. The Hall–Kier alpha value is -0.372. The fraction of sp³-hybridized carbons (Fsp3) is 0.500. The summed E-state index contributed by atoms with van der Waals surface area (Å²) in [6, 6.07) is 0. The van der Waals surface area contributed by atoms with Gasteiger partial charge in [-0.05, 0) is 0 Å². The molecule has 0 aliphatic rings. The van der Waals surface area contributed by atoms with Crippen molar-refractivity contribution in [2.75, 3.05) is 0 Å². The predicted octanol–water partition coefficient (Wildman–Crippen LogP) is 0.179. The van der Waals surface area contributed by atoms with Gasteiger partial charge in [0.15, 0.2) is 0 Å². The number of hydrogen-bond donors (Lipinski definition) is 2. The van der Waals surface area contributed by atoms with Crippen molar-refractivity contribution < 1.29 is 40.9 Å². The molecule has 0 aromatic carbocycles.